The molecule has 5 heteroatoms. The number of rotatable bonds is 8. The van der Waals surface area contributed by atoms with Crippen molar-refractivity contribution in [1.82, 2.24) is 4.90 Å². The number of nitrogens with zero attached hydrogens (tertiary/aromatic N) is 1. The summed E-state index contributed by atoms with van der Waals surface area (Å²) in [7, 11) is -3.16. The van der Waals surface area contributed by atoms with Gasteiger partial charge in [0.1, 0.15) is 0 Å². The molecule has 0 aliphatic carbocycles. The Kier molecular flexibility index (Phi) is 6.83. The zero-order chi connectivity index (χ0) is 20.7. The second-order valence-corrected chi connectivity index (χ2v) is 9.36. The van der Waals surface area contributed by atoms with Gasteiger partial charge >= 0.3 is 0 Å². The van der Waals surface area contributed by atoms with Gasteiger partial charge in [-0.25, -0.2) is 8.42 Å². The lowest BCUT2D eigenvalue weighted by molar-refractivity contribution is 0.0745. The van der Waals surface area contributed by atoms with E-state index in [2.05, 4.69) is 12.1 Å². The molecule has 3 rings (SSSR count). The summed E-state index contributed by atoms with van der Waals surface area (Å²) in [4.78, 5) is 15.1. The van der Waals surface area contributed by atoms with Gasteiger partial charge in [0.2, 0.25) is 0 Å². The Bertz CT molecular complexity index is 1050. The molecule has 150 valence electrons. The van der Waals surface area contributed by atoms with E-state index in [0.717, 1.165) is 12.0 Å². The normalized spacial score (nSPS) is 11.2. The van der Waals surface area contributed by atoms with Gasteiger partial charge in [-0.15, -0.1) is 0 Å². The van der Waals surface area contributed by atoms with E-state index >= 15 is 0 Å². The molecule has 0 unspecified atom stereocenters. The van der Waals surface area contributed by atoms with Crippen LogP contribution >= 0.6 is 0 Å². The molecule has 0 aliphatic heterocycles. The zero-order valence-electron chi connectivity index (χ0n) is 16.5. The van der Waals surface area contributed by atoms with Crippen molar-refractivity contribution in [3.8, 4) is 0 Å². The van der Waals surface area contributed by atoms with Gasteiger partial charge in [0.05, 0.1) is 5.75 Å². The molecule has 4 nitrogen and oxygen atoms in total. The molecule has 0 spiro atoms. The molecule has 0 bridgehead atoms. The van der Waals surface area contributed by atoms with Crippen molar-refractivity contribution in [2.45, 2.75) is 18.7 Å². The van der Waals surface area contributed by atoms with Crippen LogP contribution in [0.15, 0.2) is 84.9 Å². The molecule has 29 heavy (non-hydrogen) atoms. The average Bonchev–Trinajstić information content (AvgIpc) is 2.71. The first-order chi connectivity index (χ1) is 13.9. The Balaban J connectivity index is 1.82. The summed E-state index contributed by atoms with van der Waals surface area (Å²) in [6.45, 7) is 1.08. The lowest BCUT2D eigenvalue weighted by Crippen LogP contribution is -2.32. The Morgan fingerprint density at radius 2 is 1.38 bits per heavy atom. The first kappa shape index (κ1) is 20.8. The number of hydrogen-bond donors (Lipinski definition) is 0. The second-order valence-electron chi connectivity index (χ2n) is 7.22. The van der Waals surface area contributed by atoms with E-state index in [1.165, 1.54) is 11.8 Å². The molecule has 0 aromatic heterocycles. The monoisotopic (exact) mass is 407 g/mol. The van der Waals surface area contributed by atoms with Crippen molar-refractivity contribution in [2.75, 3.05) is 12.8 Å². The third kappa shape index (κ3) is 6.57. The molecule has 0 aliphatic rings. The van der Waals surface area contributed by atoms with Gasteiger partial charge in [-0.2, -0.15) is 0 Å². The summed E-state index contributed by atoms with van der Waals surface area (Å²) in [5.41, 5.74) is 3.36. The van der Waals surface area contributed by atoms with Crippen molar-refractivity contribution >= 4 is 15.7 Å². The quantitative estimate of drug-likeness (QED) is 0.564. The predicted molar refractivity (Wildman–Crippen MR) is 116 cm³/mol. The number of benzene rings is 3. The summed E-state index contributed by atoms with van der Waals surface area (Å²) in [5.74, 6) is -0.170. The maximum absolute atomic E-state index is 13.3. The summed E-state index contributed by atoms with van der Waals surface area (Å²) in [6, 6.07) is 26.9. The molecule has 1 amide bonds. The van der Waals surface area contributed by atoms with E-state index in [4.69, 9.17) is 0 Å². The highest BCUT2D eigenvalue weighted by atomic mass is 32.2. The fourth-order valence-electron chi connectivity index (χ4n) is 3.24. The minimum atomic E-state index is -3.16. The Morgan fingerprint density at radius 3 is 2.00 bits per heavy atom. The number of carbonyl (C=O) groups excluding carboxylic acids is 1. The first-order valence-electron chi connectivity index (χ1n) is 9.54. The number of hydrogen-bond acceptors (Lipinski definition) is 3. The smallest absolute Gasteiger partial charge is 0.254 e. The van der Waals surface area contributed by atoms with Gasteiger partial charge in [-0.05, 0) is 35.2 Å². The van der Waals surface area contributed by atoms with Crippen LogP contribution in [0.4, 0.5) is 0 Å². The number of carbonyl (C=O) groups is 1. The first-order valence-corrected chi connectivity index (χ1v) is 11.6. The van der Waals surface area contributed by atoms with Crippen LogP contribution in [-0.2, 0) is 28.6 Å². The van der Waals surface area contributed by atoms with Crippen LogP contribution in [0, 0.1) is 0 Å². The third-order valence-corrected chi connectivity index (χ3v) is 5.48. The van der Waals surface area contributed by atoms with Crippen molar-refractivity contribution in [2.24, 2.45) is 0 Å². The van der Waals surface area contributed by atoms with Crippen LogP contribution in [0.25, 0.3) is 0 Å². The topological polar surface area (TPSA) is 54.5 Å². The van der Waals surface area contributed by atoms with Gasteiger partial charge in [-0.1, -0.05) is 72.8 Å². The third-order valence-electron chi connectivity index (χ3n) is 4.62. The lowest BCUT2D eigenvalue weighted by Gasteiger charge is -2.23. The van der Waals surface area contributed by atoms with Crippen molar-refractivity contribution in [3.63, 3.8) is 0 Å². The van der Waals surface area contributed by atoms with E-state index in [0.29, 0.717) is 24.2 Å². The fraction of sp³-hybridized carbons (Fsp3) is 0.208. The van der Waals surface area contributed by atoms with Gasteiger partial charge in [-0.3, -0.25) is 4.79 Å². The minimum absolute atomic E-state index is 0.0726. The highest BCUT2D eigenvalue weighted by Gasteiger charge is 2.17. The molecule has 0 radical (unpaired) electrons. The SMILES string of the molecule is CS(=O)(=O)Cc1cccc(C(=O)N(CCc2ccccc2)Cc2ccccc2)c1. The minimum Gasteiger partial charge on any atom is -0.334 e. The van der Waals surface area contributed by atoms with Crippen molar-refractivity contribution in [1.29, 1.82) is 0 Å². The van der Waals surface area contributed by atoms with Gasteiger partial charge in [0, 0.05) is 24.9 Å². The molecule has 0 atom stereocenters. The largest absolute Gasteiger partial charge is 0.334 e. The van der Waals surface area contributed by atoms with Gasteiger partial charge in [0.15, 0.2) is 9.84 Å². The number of sulfone groups is 1. The van der Waals surface area contributed by atoms with Gasteiger partial charge < -0.3 is 4.90 Å². The molecular weight excluding hydrogens is 382 g/mol. The molecule has 0 saturated heterocycles. The molecule has 0 heterocycles. The van der Waals surface area contributed by atoms with E-state index in [1.807, 2.05) is 53.4 Å². The fourth-order valence-corrected chi connectivity index (χ4v) is 4.03. The Morgan fingerprint density at radius 1 is 0.793 bits per heavy atom. The van der Waals surface area contributed by atoms with Crippen LogP contribution in [0.2, 0.25) is 0 Å². The molecule has 0 N–H and O–H groups in total. The summed E-state index contributed by atoms with van der Waals surface area (Å²) >= 11 is 0. The van der Waals surface area contributed by atoms with E-state index in [-0.39, 0.29) is 11.7 Å². The van der Waals surface area contributed by atoms with E-state index in [1.54, 1.807) is 24.3 Å². The maximum Gasteiger partial charge on any atom is 0.254 e. The summed E-state index contributed by atoms with van der Waals surface area (Å²) < 4.78 is 23.2. The van der Waals surface area contributed by atoms with Crippen LogP contribution in [0.1, 0.15) is 27.0 Å². The molecule has 3 aromatic carbocycles. The van der Waals surface area contributed by atoms with Crippen LogP contribution in [0.3, 0.4) is 0 Å². The summed E-state index contributed by atoms with van der Waals surface area (Å²) in [6.07, 6.45) is 1.95. The van der Waals surface area contributed by atoms with E-state index in [9.17, 15) is 13.2 Å². The van der Waals surface area contributed by atoms with Crippen LogP contribution < -0.4 is 0 Å². The standard InChI is InChI=1S/C24H25NO3S/c1-29(27,28)19-22-13-8-14-23(17-22)24(26)25(18-21-11-6-3-7-12-21)16-15-20-9-4-2-5-10-20/h2-14,17H,15-16,18-19H2,1H3. The molecule has 3 aromatic rings. The number of amides is 1. The lowest BCUT2D eigenvalue weighted by atomic mass is 10.1. The summed E-state index contributed by atoms with van der Waals surface area (Å²) in [5, 5.41) is 0. The predicted octanol–water partition coefficient (Wildman–Crippen LogP) is 4.12. The van der Waals surface area contributed by atoms with Crippen LogP contribution in [0.5, 0.6) is 0 Å². The van der Waals surface area contributed by atoms with Crippen molar-refractivity contribution in [3.05, 3.63) is 107 Å². The molecule has 0 fully saturated rings. The molecular formula is C24H25NO3S. The molecule has 0 saturated carbocycles. The van der Waals surface area contributed by atoms with E-state index < -0.39 is 9.84 Å². The average molecular weight is 408 g/mol. The van der Waals surface area contributed by atoms with Crippen molar-refractivity contribution < 1.29 is 13.2 Å². The highest BCUT2D eigenvalue weighted by molar-refractivity contribution is 7.89. The Hall–Kier alpha value is -2.92. The van der Waals surface area contributed by atoms with Crippen LogP contribution in [-0.4, -0.2) is 32.0 Å². The van der Waals surface area contributed by atoms with Gasteiger partial charge in [0.25, 0.3) is 5.91 Å². The zero-order valence-corrected chi connectivity index (χ0v) is 17.3. The maximum atomic E-state index is 13.3. The second kappa shape index (κ2) is 9.52. The Labute approximate surface area is 172 Å². The highest BCUT2D eigenvalue weighted by Crippen LogP contribution is 2.15.